The molecule has 2 nitrogen and oxygen atoms in total. The third-order valence-corrected chi connectivity index (χ3v) is 2.72. The molecule has 0 aliphatic carbocycles. The summed E-state index contributed by atoms with van der Waals surface area (Å²) in [6.45, 7) is 5.25. The first-order valence-corrected chi connectivity index (χ1v) is 5.01. The van der Waals surface area contributed by atoms with Crippen molar-refractivity contribution in [1.29, 1.82) is 0 Å². The second-order valence-corrected chi connectivity index (χ2v) is 3.82. The van der Waals surface area contributed by atoms with E-state index >= 15 is 0 Å². The maximum absolute atomic E-state index is 5.61. The molecule has 0 spiro atoms. The van der Waals surface area contributed by atoms with E-state index in [4.69, 9.17) is 15.9 Å². The monoisotopic (exact) mass is 202 g/mol. The molecule has 1 aromatic carbocycles. The fourth-order valence-electron chi connectivity index (χ4n) is 1.93. The van der Waals surface area contributed by atoms with E-state index in [1.165, 1.54) is 0 Å². The molecule has 0 saturated carbocycles. The van der Waals surface area contributed by atoms with Crippen LogP contribution in [0.1, 0.15) is 23.6 Å². The van der Waals surface area contributed by atoms with Crippen LogP contribution < -0.4 is 0 Å². The Bertz CT molecular complexity index is 409. The van der Waals surface area contributed by atoms with Crippen molar-refractivity contribution in [2.45, 2.75) is 19.6 Å². The predicted octanol–water partition coefficient (Wildman–Crippen LogP) is 2.20. The smallest absolute Gasteiger partial charge is 0.192 e. The van der Waals surface area contributed by atoms with Gasteiger partial charge in [0.15, 0.2) is 5.79 Å². The van der Waals surface area contributed by atoms with Crippen molar-refractivity contribution < 1.29 is 9.47 Å². The van der Waals surface area contributed by atoms with Crippen LogP contribution in [0.5, 0.6) is 0 Å². The number of rotatable bonds is 1. The number of benzene rings is 1. The Kier molecular flexibility index (Phi) is 2.52. The minimum absolute atomic E-state index is 0.600. The average Bonchev–Trinajstić information content (AvgIpc) is 2.65. The lowest BCUT2D eigenvalue weighted by atomic mass is 9.99. The molecular weight excluding hydrogens is 188 g/mol. The zero-order valence-electron chi connectivity index (χ0n) is 9.04. The molecule has 0 N–H and O–H groups in total. The van der Waals surface area contributed by atoms with Gasteiger partial charge in [-0.15, -0.1) is 6.42 Å². The third-order valence-electron chi connectivity index (χ3n) is 2.72. The van der Waals surface area contributed by atoms with Crippen molar-refractivity contribution in [2.75, 3.05) is 13.2 Å². The Morgan fingerprint density at radius 3 is 2.53 bits per heavy atom. The second-order valence-electron chi connectivity index (χ2n) is 3.82. The van der Waals surface area contributed by atoms with Gasteiger partial charge in [-0.25, -0.2) is 0 Å². The lowest BCUT2D eigenvalue weighted by Gasteiger charge is -2.24. The van der Waals surface area contributed by atoms with Crippen molar-refractivity contribution in [3.05, 3.63) is 34.9 Å². The highest BCUT2D eigenvalue weighted by Gasteiger charge is 2.34. The van der Waals surface area contributed by atoms with Crippen LogP contribution in [0.25, 0.3) is 0 Å². The SMILES string of the molecule is C#Cc1ccc(C2(C)OCCO2)c(C)c1. The van der Waals surface area contributed by atoms with Crippen LogP contribution in [0.15, 0.2) is 18.2 Å². The molecule has 15 heavy (non-hydrogen) atoms. The van der Waals surface area contributed by atoms with Crippen molar-refractivity contribution in [3.8, 4) is 12.3 Å². The summed E-state index contributed by atoms with van der Waals surface area (Å²) in [7, 11) is 0. The lowest BCUT2D eigenvalue weighted by molar-refractivity contribution is -0.150. The van der Waals surface area contributed by atoms with Crippen LogP contribution >= 0.6 is 0 Å². The highest BCUT2D eigenvalue weighted by Crippen LogP contribution is 2.33. The summed E-state index contributed by atoms with van der Waals surface area (Å²) in [5.41, 5.74) is 3.05. The summed E-state index contributed by atoms with van der Waals surface area (Å²) >= 11 is 0. The van der Waals surface area contributed by atoms with E-state index in [0.29, 0.717) is 13.2 Å². The molecule has 0 unspecified atom stereocenters. The van der Waals surface area contributed by atoms with E-state index in [9.17, 15) is 0 Å². The van der Waals surface area contributed by atoms with Crippen LogP contribution in [0.2, 0.25) is 0 Å². The molecular formula is C13H14O2. The van der Waals surface area contributed by atoms with Gasteiger partial charge in [-0.05, 0) is 31.5 Å². The van der Waals surface area contributed by atoms with Crippen LogP contribution in [-0.4, -0.2) is 13.2 Å². The van der Waals surface area contributed by atoms with Crippen LogP contribution in [0.3, 0.4) is 0 Å². The first kappa shape index (κ1) is 10.2. The zero-order chi connectivity index (χ0) is 10.9. The van der Waals surface area contributed by atoms with Gasteiger partial charge in [-0.3, -0.25) is 0 Å². The molecule has 0 radical (unpaired) electrons. The van der Waals surface area contributed by atoms with Crippen molar-refractivity contribution >= 4 is 0 Å². The molecule has 1 saturated heterocycles. The van der Waals surface area contributed by atoms with E-state index in [-0.39, 0.29) is 0 Å². The number of aryl methyl sites for hydroxylation is 1. The topological polar surface area (TPSA) is 18.5 Å². The Morgan fingerprint density at radius 2 is 2.00 bits per heavy atom. The molecule has 1 aliphatic heterocycles. The number of hydrogen-bond acceptors (Lipinski definition) is 2. The number of hydrogen-bond donors (Lipinski definition) is 0. The lowest BCUT2D eigenvalue weighted by Crippen LogP contribution is -2.23. The van der Waals surface area contributed by atoms with Gasteiger partial charge >= 0.3 is 0 Å². The van der Waals surface area contributed by atoms with Gasteiger partial charge in [0.1, 0.15) is 0 Å². The van der Waals surface area contributed by atoms with Gasteiger partial charge < -0.3 is 9.47 Å². The van der Waals surface area contributed by atoms with Crippen molar-refractivity contribution in [1.82, 2.24) is 0 Å². The molecule has 1 fully saturated rings. The van der Waals surface area contributed by atoms with Crippen LogP contribution in [0.4, 0.5) is 0 Å². The normalized spacial score (nSPS) is 18.7. The maximum Gasteiger partial charge on any atom is 0.192 e. The highest BCUT2D eigenvalue weighted by molar-refractivity contribution is 5.40. The van der Waals surface area contributed by atoms with Gasteiger partial charge in [0.05, 0.1) is 13.2 Å². The first-order chi connectivity index (χ1) is 7.15. The van der Waals surface area contributed by atoms with E-state index in [1.807, 2.05) is 32.0 Å². The predicted molar refractivity (Wildman–Crippen MR) is 58.4 cm³/mol. The molecule has 1 heterocycles. The van der Waals surface area contributed by atoms with E-state index in [1.54, 1.807) is 0 Å². The number of terminal acetylenes is 1. The standard InChI is InChI=1S/C13H14O2/c1-4-11-5-6-12(10(2)9-11)13(3)14-7-8-15-13/h1,5-6,9H,7-8H2,2-3H3. The van der Waals surface area contributed by atoms with Crippen LogP contribution in [-0.2, 0) is 15.3 Å². The Morgan fingerprint density at radius 1 is 1.33 bits per heavy atom. The molecule has 1 aromatic rings. The Balaban J connectivity index is 2.41. The van der Waals surface area contributed by atoms with Gasteiger partial charge in [-0.1, -0.05) is 12.0 Å². The van der Waals surface area contributed by atoms with E-state index < -0.39 is 5.79 Å². The van der Waals surface area contributed by atoms with Crippen molar-refractivity contribution in [2.24, 2.45) is 0 Å². The molecule has 2 heteroatoms. The molecule has 0 aromatic heterocycles. The Hall–Kier alpha value is -1.30. The summed E-state index contributed by atoms with van der Waals surface area (Å²) in [5, 5.41) is 0. The molecule has 0 bridgehead atoms. The Labute approximate surface area is 90.2 Å². The van der Waals surface area contributed by atoms with Gasteiger partial charge in [-0.2, -0.15) is 0 Å². The summed E-state index contributed by atoms with van der Waals surface area (Å²) in [4.78, 5) is 0. The fourth-order valence-corrected chi connectivity index (χ4v) is 1.93. The van der Waals surface area contributed by atoms with Crippen LogP contribution in [0, 0.1) is 19.3 Å². The number of ether oxygens (including phenoxy) is 2. The largest absolute Gasteiger partial charge is 0.344 e. The zero-order valence-corrected chi connectivity index (χ0v) is 9.04. The highest BCUT2D eigenvalue weighted by atomic mass is 16.7. The molecule has 1 aliphatic rings. The quantitative estimate of drug-likeness (QED) is 0.650. The molecule has 0 atom stereocenters. The van der Waals surface area contributed by atoms with Gasteiger partial charge in [0.25, 0.3) is 0 Å². The summed E-state index contributed by atoms with van der Waals surface area (Å²) < 4.78 is 11.2. The van der Waals surface area contributed by atoms with E-state index in [0.717, 1.165) is 16.7 Å². The second kappa shape index (κ2) is 3.69. The van der Waals surface area contributed by atoms with Gasteiger partial charge in [0.2, 0.25) is 0 Å². The minimum atomic E-state index is -0.600. The molecule has 2 rings (SSSR count). The minimum Gasteiger partial charge on any atom is -0.344 e. The third kappa shape index (κ3) is 1.77. The van der Waals surface area contributed by atoms with Crippen molar-refractivity contribution in [3.63, 3.8) is 0 Å². The maximum atomic E-state index is 5.61. The molecule has 78 valence electrons. The van der Waals surface area contributed by atoms with Gasteiger partial charge in [0, 0.05) is 11.1 Å². The molecule has 0 amide bonds. The summed E-state index contributed by atoms with van der Waals surface area (Å²) in [6, 6.07) is 5.88. The van der Waals surface area contributed by atoms with E-state index in [2.05, 4.69) is 5.92 Å². The summed E-state index contributed by atoms with van der Waals surface area (Å²) in [6.07, 6.45) is 5.34. The average molecular weight is 202 g/mol. The fraction of sp³-hybridized carbons (Fsp3) is 0.385. The summed E-state index contributed by atoms with van der Waals surface area (Å²) in [5.74, 6) is 2.02. The first-order valence-electron chi connectivity index (χ1n) is 5.01.